The highest BCUT2D eigenvalue weighted by atomic mass is 15.0. The van der Waals surface area contributed by atoms with Crippen LogP contribution >= 0.6 is 0 Å². The van der Waals surface area contributed by atoms with E-state index in [2.05, 4.69) is 46.9 Å². The van der Waals surface area contributed by atoms with Crippen molar-refractivity contribution in [1.29, 1.82) is 0 Å². The maximum Gasteiger partial charge on any atom is 0.0946 e. The van der Waals surface area contributed by atoms with Crippen molar-refractivity contribution in [3.63, 3.8) is 0 Å². The zero-order valence-corrected chi connectivity index (χ0v) is 11.6. The quantitative estimate of drug-likeness (QED) is 0.910. The highest BCUT2D eigenvalue weighted by Gasteiger charge is 2.28. The van der Waals surface area contributed by atoms with Gasteiger partial charge < -0.3 is 9.88 Å². The summed E-state index contributed by atoms with van der Waals surface area (Å²) in [6.45, 7) is 6.53. The summed E-state index contributed by atoms with van der Waals surface area (Å²) >= 11 is 0. The Balaban J connectivity index is 1.66. The maximum atomic E-state index is 4.07. The minimum atomic E-state index is 0.508. The lowest BCUT2D eigenvalue weighted by Gasteiger charge is -2.14. The van der Waals surface area contributed by atoms with Gasteiger partial charge in [-0.05, 0) is 36.0 Å². The van der Waals surface area contributed by atoms with Crippen LogP contribution in [0.15, 0.2) is 36.9 Å². The van der Waals surface area contributed by atoms with E-state index in [0.29, 0.717) is 12.0 Å². The summed E-state index contributed by atoms with van der Waals surface area (Å²) in [4.78, 5) is 4.07. The number of imidazole rings is 1. The van der Waals surface area contributed by atoms with Gasteiger partial charge in [-0.15, -0.1) is 0 Å². The summed E-state index contributed by atoms with van der Waals surface area (Å²) in [6, 6.07) is 7.19. The lowest BCUT2D eigenvalue weighted by atomic mass is 9.98. The third kappa shape index (κ3) is 2.43. The molecule has 2 atom stereocenters. The lowest BCUT2D eigenvalue weighted by molar-refractivity contribution is 0.483. The van der Waals surface area contributed by atoms with Gasteiger partial charge in [0.05, 0.1) is 6.33 Å². The number of nitrogens with one attached hydrogen (secondary N) is 1. The van der Waals surface area contributed by atoms with Gasteiger partial charge in [0.1, 0.15) is 0 Å². The van der Waals surface area contributed by atoms with E-state index in [-0.39, 0.29) is 0 Å². The minimum Gasteiger partial charge on any atom is -0.336 e. The van der Waals surface area contributed by atoms with Crippen LogP contribution in [-0.2, 0) is 6.54 Å². The predicted octanol–water partition coefficient (Wildman–Crippen LogP) is 3.03. The number of hydrogen-bond acceptors (Lipinski definition) is 2. The van der Waals surface area contributed by atoms with Gasteiger partial charge in [-0.3, -0.25) is 0 Å². The molecule has 3 nitrogen and oxygen atoms in total. The highest BCUT2D eigenvalue weighted by molar-refractivity contribution is 5.43. The Bertz CT molecular complexity index is 545. The van der Waals surface area contributed by atoms with E-state index in [4.69, 9.17) is 0 Å². The molecular formula is C16H21N3. The van der Waals surface area contributed by atoms with Crippen molar-refractivity contribution < 1.29 is 0 Å². The van der Waals surface area contributed by atoms with Crippen LogP contribution in [0.4, 0.5) is 0 Å². The maximum absolute atomic E-state index is 4.07. The topological polar surface area (TPSA) is 29.9 Å². The number of aromatic nitrogens is 2. The van der Waals surface area contributed by atoms with Crippen molar-refractivity contribution in [2.75, 3.05) is 6.54 Å². The Labute approximate surface area is 114 Å². The normalized spacial score (nSPS) is 21.6. The largest absolute Gasteiger partial charge is 0.336 e. The molecule has 2 aromatic rings. The van der Waals surface area contributed by atoms with Crippen LogP contribution in [0.2, 0.25) is 0 Å². The SMILES string of the molecule is Cc1cccc2c1[C@H](C)C[C@@H]2NCCn1ccnc1. The standard InChI is InChI=1S/C16H21N3/c1-12-4-3-5-14-15(10-13(2)16(12)14)18-7-9-19-8-6-17-11-19/h3-6,8,11,13,15,18H,7,9-10H2,1-2H3/t13-,15+/m1/s1. The molecule has 1 aliphatic rings. The molecule has 0 aliphatic heterocycles. The fourth-order valence-electron chi connectivity index (χ4n) is 3.26. The fraction of sp³-hybridized carbons (Fsp3) is 0.438. The third-order valence-electron chi connectivity index (χ3n) is 4.14. The summed E-state index contributed by atoms with van der Waals surface area (Å²) in [5.41, 5.74) is 4.49. The van der Waals surface area contributed by atoms with E-state index in [9.17, 15) is 0 Å². The summed E-state index contributed by atoms with van der Waals surface area (Å²) in [7, 11) is 0. The molecule has 19 heavy (non-hydrogen) atoms. The monoisotopic (exact) mass is 255 g/mol. The van der Waals surface area contributed by atoms with E-state index >= 15 is 0 Å². The number of benzene rings is 1. The molecule has 1 aliphatic carbocycles. The van der Waals surface area contributed by atoms with Crippen molar-refractivity contribution in [3.8, 4) is 0 Å². The van der Waals surface area contributed by atoms with E-state index in [1.54, 1.807) is 5.56 Å². The van der Waals surface area contributed by atoms with Gasteiger partial charge in [-0.1, -0.05) is 25.1 Å². The minimum absolute atomic E-state index is 0.508. The van der Waals surface area contributed by atoms with Gasteiger partial charge in [0.25, 0.3) is 0 Å². The van der Waals surface area contributed by atoms with Crippen LogP contribution in [0.5, 0.6) is 0 Å². The van der Waals surface area contributed by atoms with Crippen LogP contribution in [0.25, 0.3) is 0 Å². The first-order valence-corrected chi connectivity index (χ1v) is 7.04. The zero-order chi connectivity index (χ0) is 13.2. The first kappa shape index (κ1) is 12.4. The molecule has 0 bridgehead atoms. The average Bonchev–Trinajstić information content (AvgIpc) is 3.00. The molecule has 1 aromatic carbocycles. The molecule has 0 unspecified atom stereocenters. The van der Waals surface area contributed by atoms with Gasteiger partial charge in [0.15, 0.2) is 0 Å². The van der Waals surface area contributed by atoms with Crippen molar-refractivity contribution in [3.05, 3.63) is 53.6 Å². The first-order chi connectivity index (χ1) is 9.25. The van der Waals surface area contributed by atoms with Crippen molar-refractivity contribution >= 4 is 0 Å². The van der Waals surface area contributed by atoms with Crippen LogP contribution in [0.3, 0.4) is 0 Å². The van der Waals surface area contributed by atoms with Crippen molar-refractivity contribution in [2.45, 2.75) is 38.8 Å². The second-order valence-corrected chi connectivity index (χ2v) is 5.52. The van der Waals surface area contributed by atoms with E-state index in [1.807, 2.05) is 18.7 Å². The molecular weight excluding hydrogens is 234 g/mol. The molecule has 0 saturated heterocycles. The van der Waals surface area contributed by atoms with E-state index in [0.717, 1.165) is 13.1 Å². The Hall–Kier alpha value is -1.61. The molecule has 100 valence electrons. The molecule has 1 heterocycles. The van der Waals surface area contributed by atoms with Crippen LogP contribution in [0.1, 0.15) is 42.0 Å². The molecule has 0 fully saturated rings. The number of aryl methyl sites for hydroxylation is 1. The molecule has 1 aromatic heterocycles. The number of hydrogen-bond donors (Lipinski definition) is 1. The Morgan fingerprint density at radius 2 is 2.32 bits per heavy atom. The predicted molar refractivity (Wildman–Crippen MR) is 77.2 cm³/mol. The molecule has 1 N–H and O–H groups in total. The van der Waals surface area contributed by atoms with Gasteiger partial charge >= 0.3 is 0 Å². The summed E-state index contributed by atoms with van der Waals surface area (Å²) in [5, 5.41) is 3.69. The van der Waals surface area contributed by atoms with Gasteiger partial charge in [-0.25, -0.2) is 4.98 Å². The Kier molecular flexibility index (Phi) is 3.38. The second-order valence-electron chi connectivity index (χ2n) is 5.52. The Morgan fingerprint density at radius 3 is 3.11 bits per heavy atom. The van der Waals surface area contributed by atoms with Gasteiger partial charge in [0.2, 0.25) is 0 Å². The summed E-state index contributed by atoms with van der Waals surface area (Å²) < 4.78 is 2.11. The van der Waals surface area contributed by atoms with Gasteiger partial charge in [0, 0.05) is 31.5 Å². The van der Waals surface area contributed by atoms with Crippen molar-refractivity contribution in [1.82, 2.24) is 14.9 Å². The lowest BCUT2D eigenvalue weighted by Crippen LogP contribution is -2.23. The summed E-state index contributed by atoms with van der Waals surface area (Å²) in [6.07, 6.45) is 6.93. The second kappa shape index (κ2) is 5.17. The first-order valence-electron chi connectivity index (χ1n) is 7.04. The van der Waals surface area contributed by atoms with E-state index < -0.39 is 0 Å². The third-order valence-corrected chi connectivity index (χ3v) is 4.14. The number of nitrogens with zero attached hydrogens (tertiary/aromatic N) is 2. The fourth-order valence-corrected chi connectivity index (χ4v) is 3.26. The highest BCUT2D eigenvalue weighted by Crippen LogP contribution is 2.41. The number of fused-ring (bicyclic) bond motifs is 1. The molecule has 0 amide bonds. The summed E-state index contributed by atoms with van der Waals surface area (Å²) in [5.74, 6) is 0.668. The van der Waals surface area contributed by atoms with Crippen LogP contribution < -0.4 is 5.32 Å². The zero-order valence-electron chi connectivity index (χ0n) is 11.6. The number of rotatable bonds is 4. The molecule has 0 radical (unpaired) electrons. The van der Waals surface area contributed by atoms with Gasteiger partial charge in [-0.2, -0.15) is 0 Å². The molecule has 0 spiro atoms. The molecule has 3 rings (SSSR count). The van der Waals surface area contributed by atoms with Crippen LogP contribution in [-0.4, -0.2) is 16.1 Å². The Morgan fingerprint density at radius 1 is 1.42 bits per heavy atom. The molecule has 0 saturated carbocycles. The van der Waals surface area contributed by atoms with E-state index in [1.165, 1.54) is 17.5 Å². The smallest absolute Gasteiger partial charge is 0.0946 e. The average molecular weight is 255 g/mol. The molecule has 3 heteroatoms. The van der Waals surface area contributed by atoms with Crippen LogP contribution in [0, 0.1) is 6.92 Å². The van der Waals surface area contributed by atoms with Crippen molar-refractivity contribution in [2.24, 2.45) is 0 Å².